The Labute approximate surface area is 82.8 Å². The molecule has 0 bridgehead atoms. The van der Waals surface area contributed by atoms with Gasteiger partial charge in [0.1, 0.15) is 6.61 Å². The maximum Gasteiger partial charge on any atom is 0.338 e. The first-order valence-corrected chi connectivity index (χ1v) is 4.44. The smallest absolute Gasteiger partial charge is 0.338 e. The lowest BCUT2D eigenvalue weighted by atomic mass is 10.1. The van der Waals surface area contributed by atoms with E-state index in [4.69, 9.17) is 16.2 Å². The van der Waals surface area contributed by atoms with Crippen molar-refractivity contribution in [3.05, 3.63) is 35.4 Å². The van der Waals surface area contributed by atoms with Gasteiger partial charge in [0.15, 0.2) is 0 Å². The Kier molecular flexibility index (Phi) is 4.10. The molecule has 4 heteroatoms. The summed E-state index contributed by atoms with van der Waals surface area (Å²) in [4.78, 5) is 11.3. The molecule has 1 rings (SSSR count). The Balaban J connectivity index is 2.62. The van der Waals surface area contributed by atoms with Crippen LogP contribution >= 0.6 is 0 Å². The highest BCUT2D eigenvalue weighted by atomic mass is 16.5. The van der Waals surface area contributed by atoms with Crippen molar-refractivity contribution in [1.29, 1.82) is 0 Å². The third-order valence-corrected chi connectivity index (χ3v) is 1.78. The van der Waals surface area contributed by atoms with Gasteiger partial charge in [0.2, 0.25) is 0 Å². The quantitative estimate of drug-likeness (QED) is 0.674. The molecule has 1 aromatic carbocycles. The molecule has 0 unspecified atom stereocenters. The van der Waals surface area contributed by atoms with Gasteiger partial charge in [0.05, 0.1) is 5.56 Å². The van der Waals surface area contributed by atoms with Gasteiger partial charge in [0.25, 0.3) is 0 Å². The molecule has 0 spiro atoms. The van der Waals surface area contributed by atoms with Crippen LogP contribution in [0.15, 0.2) is 24.3 Å². The first-order valence-electron chi connectivity index (χ1n) is 4.44. The molecular formula is C10H14N2O2. The van der Waals surface area contributed by atoms with E-state index in [1.807, 2.05) is 0 Å². The van der Waals surface area contributed by atoms with Crippen molar-refractivity contribution in [2.24, 2.45) is 11.5 Å². The first kappa shape index (κ1) is 10.7. The number of hydrogen-bond acceptors (Lipinski definition) is 4. The summed E-state index contributed by atoms with van der Waals surface area (Å²) in [5.41, 5.74) is 12.1. The summed E-state index contributed by atoms with van der Waals surface area (Å²) < 4.78 is 4.86. The molecule has 1 aromatic rings. The summed E-state index contributed by atoms with van der Waals surface area (Å²) in [5.74, 6) is -0.348. The largest absolute Gasteiger partial charge is 0.461 e. The van der Waals surface area contributed by atoms with Crippen molar-refractivity contribution in [2.75, 3.05) is 13.2 Å². The maximum absolute atomic E-state index is 11.3. The molecule has 0 radical (unpaired) electrons. The number of nitrogens with two attached hydrogens (primary N) is 2. The Bertz CT molecular complexity index is 295. The molecule has 4 N–H and O–H groups in total. The van der Waals surface area contributed by atoms with Gasteiger partial charge < -0.3 is 16.2 Å². The molecule has 0 aliphatic rings. The summed E-state index contributed by atoms with van der Waals surface area (Å²) in [7, 11) is 0. The van der Waals surface area contributed by atoms with Gasteiger partial charge in [-0.2, -0.15) is 0 Å². The van der Waals surface area contributed by atoms with Gasteiger partial charge in [-0.05, 0) is 17.7 Å². The first-order chi connectivity index (χ1) is 6.77. The van der Waals surface area contributed by atoms with E-state index in [-0.39, 0.29) is 12.6 Å². The highest BCUT2D eigenvalue weighted by Gasteiger charge is 2.05. The number of carbonyl (C=O) groups is 1. The van der Waals surface area contributed by atoms with E-state index in [9.17, 15) is 4.79 Å². The fraction of sp³-hybridized carbons (Fsp3) is 0.300. The Hall–Kier alpha value is -1.39. The van der Waals surface area contributed by atoms with E-state index in [1.165, 1.54) is 0 Å². The molecule has 0 aliphatic heterocycles. The lowest BCUT2D eigenvalue weighted by molar-refractivity contribution is 0.0517. The van der Waals surface area contributed by atoms with Crippen LogP contribution in [-0.4, -0.2) is 19.1 Å². The SMILES string of the molecule is NCCOC(=O)c1ccc(CN)cc1. The maximum atomic E-state index is 11.3. The van der Waals surface area contributed by atoms with Crippen molar-refractivity contribution in [3.63, 3.8) is 0 Å². The highest BCUT2D eigenvalue weighted by molar-refractivity contribution is 5.89. The van der Waals surface area contributed by atoms with E-state index in [0.29, 0.717) is 18.7 Å². The second-order valence-electron chi connectivity index (χ2n) is 2.83. The van der Waals surface area contributed by atoms with Crippen LogP contribution in [-0.2, 0) is 11.3 Å². The number of hydrogen-bond donors (Lipinski definition) is 2. The number of carbonyl (C=O) groups excluding carboxylic acids is 1. The van der Waals surface area contributed by atoms with Crippen LogP contribution in [0.1, 0.15) is 15.9 Å². The normalized spacial score (nSPS) is 9.86. The molecule has 0 aliphatic carbocycles. The van der Waals surface area contributed by atoms with Gasteiger partial charge in [-0.3, -0.25) is 0 Å². The Morgan fingerprint density at radius 2 is 1.86 bits per heavy atom. The van der Waals surface area contributed by atoms with Crippen molar-refractivity contribution in [1.82, 2.24) is 0 Å². The van der Waals surface area contributed by atoms with E-state index >= 15 is 0 Å². The molecule has 0 heterocycles. The van der Waals surface area contributed by atoms with Gasteiger partial charge in [0, 0.05) is 13.1 Å². The van der Waals surface area contributed by atoms with Crippen molar-refractivity contribution >= 4 is 5.97 Å². The van der Waals surface area contributed by atoms with Gasteiger partial charge in [-0.1, -0.05) is 12.1 Å². The van der Waals surface area contributed by atoms with Gasteiger partial charge in [-0.25, -0.2) is 4.79 Å². The second-order valence-corrected chi connectivity index (χ2v) is 2.83. The van der Waals surface area contributed by atoms with Crippen LogP contribution in [0, 0.1) is 0 Å². The van der Waals surface area contributed by atoms with Crippen LogP contribution in [0.25, 0.3) is 0 Å². The number of rotatable bonds is 4. The summed E-state index contributed by atoms with van der Waals surface area (Å²) in [6.45, 7) is 1.06. The van der Waals surface area contributed by atoms with Crippen molar-refractivity contribution < 1.29 is 9.53 Å². The average molecular weight is 194 g/mol. The lowest BCUT2D eigenvalue weighted by Gasteiger charge is -2.03. The minimum atomic E-state index is -0.348. The molecule has 0 amide bonds. The third kappa shape index (κ3) is 2.83. The van der Waals surface area contributed by atoms with E-state index in [1.54, 1.807) is 24.3 Å². The van der Waals surface area contributed by atoms with Crippen LogP contribution < -0.4 is 11.5 Å². The standard InChI is InChI=1S/C10H14N2O2/c11-5-6-14-10(13)9-3-1-8(7-12)2-4-9/h1-4H,5-7,11-12H2. The van der Waals surface area contributed by atoms with Crippen molar-refractivity contribution in [3.8, 4) is 0 Å². The van der Waals surface area contributed by atoms with Crippen molar-refractivity contribution in [2.45, 2.75) is 6.54 Å². The molecule has 0 saturated carbocycles. The molecule has 76 valence electrons. The zero-order chi connectivity index (χ0) is 10.4. The van der Waals surface area contributed by atoms with E-state index < -0.39 is 0 Å². The fourth-order valence-electron chi connectivity index (χ4n) is 1.01. The summed E-state index contributed by atoms with van der Waals surface area (Å²) in [6.07, 6.45) is 0. The topological polar surface area (TPSA) is 78.3 Å². The predicted octanol–water partition coefficient (Wildman–Crippen LogP) is 0.261. The molecule has 4 nitrogen and oxygen atoms in total. The van der Waals surface area contributed by atoms with Gasteiger partial charge >= 0.3 is 5.97 Å². The van der Waals surface area contributed by atoms with E-state index in [2.05, 4.69) is 0 Å². The summed E-state index contributed by atoms with van der Waals surface area (Å²) in [5, 5.41) is 0. The minimum Gasteiger partial charge on any atom is -0.461 e. The van der Waals surface area contributed by atoms with Gasteiger partial charge in [-0.15, -0.1) is 0 Å². The molecule has 14 heavy (non-hydrogen) atoms. The molecular weight excluding hydrogens is 180 g/mol. The predicted molar refractivity (Wildman–Crippen MR) is 53.7 cm³/mol. The van der Waals surface area contributed by atoms with Crippen LogP contribution in [0.5, 0.6) is 0 Å². The highest BCUT2D eigenvalue weighted by Crippen LogP contribution is 2.05. The minimum absolute atomic E-state index is 0.247. The number of esters is 1. The zero-order valence-electron chi connectivity index (χ0n) is 7.90. The third-order valence-electron chi connectivity index (χ3n) is 1.78. The summed E-state index contributed by atoms with van der Waals surface area (Å²) >= 11 is 0. The molecule has 0 aromatic heterocycles. The zero-order valence-corrected chi connectivity index (χ0v) is 7.90. The molecule has 0 atom stereocenters. The fourth-order valence-corrected chi connectivity index (χ4v) is 1.01. The Morgan fingerprint density at radius 3 is 2.36 bits per heavy atom. The average Bonchev–Trinajstić information content (AvgIpc) is 2.26. The number of benzene rings is 1. The van der Waals surface area contributed by atoms with Crippen LogP contribution in [0.2, 0.25) is 0 Å². The number of ether oxygens (including phenoxy) is 1. The van der Waals surface area contributed by atoms with E-state index in [0.717, 1.165) is 5.56 Å². The monoisotopic (exact) mass is 194 g/mol. The lowest BCUT2D eigenvalue weighted by Crippen LogP contribution is -2.13. The second kappa shape index (κ2) is 5.36. The molecule has 0 fully saturated rings. The summed E-state index contributed by atoms with van der Waals surface area (Å²) in [6, 6.07) is 7.00. The Morgan fingerprint density at radius 1 is 1.21 bits per heavy atom. The van der Waals surface area contributed by atoms with Crippen LogP contribution in [0.3, 0.4) is 0 Å². The van der Waals surface area contributed by atoms with Crippen LogP contribution in [0.4, 0.5) is 0 Å². The molecule has 0 saturated heterocycles.